The summed E-state index contributed by atoms with van der Waals surface area (Å²) in [5, 5.41) is 0. The predicted molar refractivity (Wildman–Crippen MR) is 38.7 cm³/mol. The van der Waals surface area contributed by atoms with Gasteiger partial charge in [-0.05, 0) is 12.1 Å². The highest BCUT2D eigenvalue weighted by Gasteiger charge is 1.74. The molecule has 8 heavy (non-hydrogen) atoms. The second kappa shape index (κ2) is 3.75. The van der Waals surface area contributed by atoms with Gasteiger partial charge in [0.05, 0.1) is 0 Å². The van der Waals surface area contributed by atoms with Crippen LogP contribution in [0, 0.1) is 0 Å². The van der Waals surface area contributed by atoms with Crippen LogP contribution in [0.1, 0.15) is 0 Å². The van der Waals surface area contributed by atoms with Crippen molar-refractivity contribution in [3.05, 3.63) is 24.5 Å². The Kier molecular flexibility index (Phi) is 3.65. The molecule has 0 saturated heterocycles. The minimum Gasteiger partial charge on any atom is -0.264 e. The Balaban J connectivity index is 0.000000490. The van der Waals surface area contributed by atoms with E-state index in [0.29, 0.717) is 0 Å². The average molecular weight is 148 g/mol. The third-order valence-electron chi connectivity index (χ3n) is 0.646. The summed E-state index contributed by atoms with van der Waals surface area (Å²) in [6.45, 7) is 0. The first-order valence-corrected chi connectivity index (χ1v) is 2.43. The van der Waals surface area contributed by atoms with Gasteiger partial charge in [-0.3, -0.25) is 4.98 Å². The van der Waals surface area contributed by atoms with Crippen molar-refractivity contribution < 1.29 is 0 Å². The van der Waals surface area contributed by atoms with E-state index in [1.165, 1.54) is 0 Å². The lowest BCUT2D eigenvalue weighted by atomic mass is 10.5. The Labute approximate surface area is 60.0 Å². The van der Waals surface area contributed by atoms with Crippen LogP contribution < -0.4 is 0 Å². The van der Waals surface area contributed by atoms with Crippen molar-refractivity contribution in [1.29, 1.82) is 0 Å². The fourth-order valence-corrected chi connectivity index (χ4v) is 0.506. The molecule has 0 saturated carbocycles. The zero-order valence-corrected chi connectivity index (χ0v) is 5.82. The second-order valence-electron chi connectivity index (χ2n) is 1.21. The van der Waals surface area contributed by atoms with Gasteiger partial charge < -0.3 is 0 Å². The van der Waals surface area contributed by atoms with Gasteiger partial charge in [0.1, 0.15) is 0 Å². The van der Waals surface area contributed by atoms with Crippen LogP contribution in [0.2, 0.25) is 0 Å². The molecule has 1 nitrogen and oxygen atoms in total. The summed E-state index contributed by atoms with van der Waals surface area (Å²) in [5.41, 5.74) is 0. The Morgan fingerprint density at radius 1 is 1.50 bits per heavy atom. The minimum atomic E-state index is 0. The minimum absolute atomic E-state index is 0. The van der Waals surface area contributed by atoms with Crippen LogP contribution in [-0.4, -0.2) is 4.98 Å². The Bertz CT molecular complexity index is 142. The van der Waals surface area contributed by atoms with E-state index in [1.54, 1.807) is 12.4 Å². The molecule has 0 aliphatic carbocycles. The molecule has 3 heteroatoms. The number of rotatable bonds is 0. The number of hydrogen-bond donors (Lipinski definition) is 1. The number of pyridine rings is 1. The smallest absolute Gasteiger partial charge is 0.0401 e. The third kappa shape index (κ3) is 2.19. The van der Waals surface area contributed by atoms with Crippen LogP contribution in [0.5, 0.6) is 0 Å². The molecule has 0 aliphatic rings. The van der Waals surface area contributed by atoms with E-state index in [2.05, 4.69) is 17.6 Å². The summed E-state index contributed by atoms with van der Waals surface area (Å²) in [4.78, 5) is 4.71. The van der Waals surface area contributed by atoms with Gasteiger partial charge in [-0.15, -0.1) is 25.0 Å². The molecule has 44 valence electrons. The molecule has 0 atom stereocenters. The maximum absolute atomic E-state index is 4.02. The molecule has 0 amide bonds. The van der Waals surface area contributed by atoms with Gasteiger partial charge in [-0.1, -0.05) is 0 Å². The van der Waals surface area contributed by atoms with Gasteiger partial charge in [0, 0.05) is 17.3 Å². The zero-order valence-electron chi connectivity index (χ0n) is 4.11. The molecule has 1 aromatic rings. The summed E-state index contributed by atoms with van der Waals surface area (Å²) in [7, 11) is 0. The van der Waals surface area contributed by atoms with Gasteiger partial charge in [0.25, 0.3) is 0 Å². The molecule has 0 aliphatic heterocycles. The van der Waals surface area contributed by atoms with Gasteiger partial charge in [0.2, 0.25) is 0 Å². The summed E-state index contributed by atoms with van der Waals surface area (Å²) in [6, 6.07) is 3.73. The predicted octanol–water partition coefficient (Wildman–Crippen LogP) is 1.79. The maximum atomic E-state index is 4.02. The summed E-state index contributed by atoms with van der Waals surface area (Å²) in [6.07, 6.45) is 3.42. The molecular formula is C5H6ClNS. The quantitative estimate of drug-likeness (QED) is 0.553. The first kappa shape index (κ1) is 7.79. The highest BCUT2D eigenvalue weighted by molar-refractivity contribution is 7.80. The Morgan fingerprint density at radius 3 is 2.50 bits per heavy atom. The summed E-state index contributed by atoms with van der Waals surface area (Å²) >= 11 is 4.02. The highest BCUT2D eigenvalue weighted by atomic mass is 35.5. The normalized spacial score (nSPS) is 7.62. The zero-order chi connectivity index (χ0) is 5.11. The lowest BCUT2D eigenvalue weighted by Crippen LogP contribution is -1.65. The molecule has 0 N–H and O–H groups in total. The van der Waals surface area contributed by atoms with Gasteiger partial charge in [0.15, 0.2) is 0 Å². The van der Waals surface area contributed by atoms with E-state index >= 15 is 0 Å². The van der Waals surface area contributed by atoms with E-state index in [-0.39, 0.29) is 12.4 Å². The molecule has 0 radical (unpaired) electrons. The van der Waals surface area contributed by atoms with Crippen molar-refractivity contribution >= 4 is 25.0 Å². The molecule has 0 aromatic carbocycles. The first-order chi connectivity index (χ1) is 3.39. The lowest BCUT2D eigenvalue weighted by molar-refractivity contribution is 1.24. The van der Waals surface area contributed by atoms with Crippen molar-refractivity contribution in [3.63, 3.8) is 0 Å². The van der Waals surface area contributed by atoms with Crippen LogP contribution in [-0.2, 0) is 0 Å². The van der Waals surface area contributed by atoms with E-state index < -0.39 is 0 Å². The highest BCUT2D eigenvalue weighted by Crippen LogP contribution is 1.98. The van der Waals surface area contributed by atoms with Crippen molar-refractivity contribution in [3.8, 4) is 0 Å². The fraction of sp³-hybridized carbons (Fsp3) is 0. The molecule has 0 fully saturated rings. The van der Waals surface area contributed by atoms with Crippen LogP contribution in [0.3, 0.4) is 0 Å². The largest absolute Gasteiger partial charge is 0.264 e. The topological polar surface area (TPSA) is 12.9 Å². The molecule has 0 spiro atoms. The standard InChI is InChI=1S/C5H5NS.ClH/c7-5-2-1-3-6-4-5;/h1-4,7H;1H. The van der Waals surface area contributed by atoms with E-state index in [1.807, 2.05) is 12.1 Å². The average Bonchev–Trinajstić information content (AvgIpc) is 1.69. The van der Waals surface area contributed by atoms with Crippen molar-refractivity contribution in [1.82, 2.24) is 4.98 Å². The second-order valence-corrected chi connectivity index (χ2v) is 1.73. The fourth-order valence-electron chi connectivity index (χ4n) is 0.354. The number of nitrogens with zero attached hydrogens (tertiary/aromatic N) is 1. The van der Waals surface area contributed by atoms with Crippen molar-refractivity contribution in [2.24, 2.45) is 0 Å². The summed E-state index contributed by atoms with van der Waals surface area (Å²) in [5.74, 6) is 0. The van der Waals surface area contributed by atoms with Crippen LogP contribution in [0.15, 0.2) is 29.4 Å². The monoisotopic (exact) mass is 147 g/mol. The molecule has 0 unspecified atom stereocenters. The Hall–Kier alpha value is -0.210. The maximum Gasteiger partial charge on any atom is 0.0401 e. The van der Waals surface area contributed by atoms with Gasteiger partial charge in [-0.2, -0.15) is 0 Å². The number of thiol groups is 1. The molecule has 1 aromatic heterocycles. The number of aromatic nitrogens is 1. The van der Waals surface area contributed by atoms with Crippen molar-refractivity contribution in [2.45, 2.75) is 4.90 Å². The van der Waals surface area contributed by atoms with Crippen molar-refractivity contribution in [2.75, 3.05) is 0 Å². The van der Waals surface area contributed by atoms with Gasteiger partial charge >= 0.3 is 0 Å². The first-order valence-electron chi connectivity index (χ1n) is 1.98. The molecule has 0 bridgehead atoms. The van der Waals surface area contributed by atoms with E-state index in [0.717, 1.165) is 4.90 Å². The van der Waals surface area contributed by atoms with E-state index in [9.17, 15) is 0 Å². The molecule has 1 heterocycles. The molecule has 1 rings (SSSR count). The van der Waals surface area contributed by atoms with E-state index in [4.69, 9.17) is 0 Å². The van der Waals surface area contributed by atoms with Crippen LogP contribution in [0.25, 0.3) is 0 Å². The summed E-state index contributed by atoms with van der Waals surface area (Å²) < 4.78 is 0. The van der Waals surface area contributed by atoms with Crippen LogP contribution >= 0.6 is 25.0 Å². The van der Waals surface area contributed by atoms with Crippen LogP contribution in [0.4, 0.5) is 0 Å². The third-order valence-corrected chi connectivity index (χ3v) is 0.910. The lowest BCUT2D eigenvalue weighted by Gasteiger charge is -1.81. The number of halogens is 1. The SMILES string of the molecule is Cl.Sc1cccnc1. The molecular weight excluding hydrogens is 142 g/mol. The van der Waals surface area contributed by atoms with Gasteiger partial charge in [-0.25, -0.2) is 0 Å². The number of hydrogen-bond acceptors (Lipinski definition) is 2. The Morgan fingerprint density at radius 2 is 2.25 bits per heavy atom.